The lowest BCUT2D eigenvalue weighted by Gasteiger charge is -2.21. The zero-order chi connectivity index (χ0) is 24.3. The van der Waals surface area contributed by atoms with Crippen LogP contribution in [0.25, 0.3) is 16.5 Å². The highest BCUT2D eigenvalue weighted by atomic mass is 19.4. The van der Waals surface area contributed by atoms with Crippen molar-refractivity contribution in [1.29, 1.82) is 0 Å². The maximum atomic E-state index is 13.3. The Morgan fingerprint density at radius 3 is 2.39 bits per heavy atom. The molecule has 2 aromatic heterocycles. The lowest BCUT2D eigenvalue weighted by molar-refractivity contribution is -0.189. The molecule has 0 bridgehead atoms. The molecule has 0 saturated heterocycles. The van der Waals surface area contributed by atoms with Crippen LogP contribution >= 0.6 is 0 Å². The highest BCUT2D eigenvalue weighted by Crippen LogP contribution is 2.37. The Bertz CT molecular complexity index is 1170. The third-order valence-electron chi connectivity index (χ3n) is 5.37. The third kappa shape index (κ3) is 4.97. The fourth-order valence-electron chi connectivity index (χ4n) is 3.45. The Morgan fingerprint density at radius 1 is 1.15 bits per heavy atom. The summed E-state index contributed by atoms with van der Waals surface area (Å²) in [4.78, 5) is 17.0. The normalized spacial score (nSPS) is 13.0. The summed E-state index contributed by atoms with van der Waals surface area (Å²) in [6.45, 7) is 6.31. The molecule has 3 rings (SSSR count). The molecule has 0 saturated carbocycles. The first-order valence-corrected chi connectivity index (χ1v) is 10.8. The van der Waals surface area contributed by atoms with Crippen LogP contribution < -0.4 is 15.2 Å². The minimum Gasteiger partial charge on any atom is -0.480 e. The fraction of sp³-hybridized carbons (Fsp3) is 0.500. The second-order valence-corrected chi connectivity index (χ2v) is 7.53. The van der Waals surface area contributed by atoms with Crippen molar-refractivity contribution >= 4 is 10.8 Å². The van der Waals surface area contributed by atoms with E-state index in [4.69, 9.17) is 9.47 Å². The van der Waals surface area contributed by atoms with Gasteiger partial charge in [-0.3, -0.25) is 4.57 Å². The van der Waals surface area contributed by atoms with Gasteiger partial charge in [-0.05, 0) is 44.2 Å². The number of hydrogen-bond acceptors (Lipinski definition) is 6. The topological polar surface area (TPSA) is 91.4 Å². The number of aliphatic hydroxyl groups excluding tert-OH is 1. The number of fused-ring (bicyclic) bond motifs is 1. The third-order valence-corrected chi connectivity index (χ3v) is 5.37. The Hall–Kier alpha value is -3.08. The number of rotatable bonds is 9. The van der Waals surface area contributed by atoms with E-state index in [2.05, 4.69) is 10.1 Å². The SMILES string of the molecule is CCC(CC)Oc1nccc2cc(-n3nc(CO)n(CC)c3=O)cc(OC(C)C(F)(F)F)c12. The van der Waals surface area contributed by atoms with Gasteiger partial charge in [0.25, 0.3) is 0 Å². The number of nitrogens with zero attached hydrogens (tertiary/aromatic N) is 4. The number of alkyl halides is 3. The van der Waals surface area contributed by atoms with E-state index < -0.39 is 24.6 Å². The molecule has 2 heterocycles. The Balaban J connectivity index is 2.25. The van der Waals surface area contributed by atoms with E-state index in [1.165, 1.54) is 16.8 Å². The number of aromatic nitrogens is 4. The number of aliphatic hydroxyl groups is 1. The average molecular weight is 468 g/mol. The van der Waals surface area contributed by atoms with Gasteiger partial charge in [-0.25, -0.2) is 9.78 Å². The number of benzene rings is 1. The van der Waals surface area contributed by atoms with Crippen molar-refractivity contribution in [3.63, 3.8) is 0 Å². The maximum absolute atomic E-state index is 13.3. The molecule has 0 spiro atoms. The van der Waals surface area contributed by atoms with Crippen LogP contribution in [0.4, 0.5) is 13.2 Å². The van der Waals surface area contributed by atoms with Gasteiger partial charge in [0.05, 0.1) is 17.2 Å². The molecule has 1 atom stereocenters. The van der Waals surface area contributed by atoms with Gasteiger partial charge in [-0.15, -0.1) is 5.10 Å². The van der Waals surface area contributed by atoms with Gasteiger partial charge >= 0.3 is 11.9 Å². The van der Waals surface area contributed by atoms with Crippen molar-refractivity contribution in [2.24, 2.45) is 0 Å². The molecule has 0 aliphatic rings. The number of pyridine rings is 1. The largest absolute Gasteiger partial charge is 0.480 e. The summed E-state index contributed by atoms with van der Waals surface area (Å²) < 4.78 is 53.6. The molecule has 0 aliphatic carbocycles. The van der Waals surface area contributed by atoms with Gasteiger partial charge in [0, 0.05) is 18.8 Å². The second-order valence-electron chi connectivity index (χ2n) is 7.53. The van der Waals surface area contributed by atoms with E-state index in [1.807, 2.05) is 13.8 Å². The van der Waals surface area contributed by atoms with Crippen molar-refractivity contribution in [2.75, 3.05) is 0 Å². The Labute approximate surface area is 188 Å². The maximum Gasteiger partial charge on any atom is 0.425 e. The van der Waals surface area contributed by atoms with Crippen molar-refractivity contribution in [3.8, 4) is 17.3 Å². The molecular weight excluding hydrogens is 441 g/mol. The van der Waals surface area contributed by atoms with Crippen molar-refractivity contribution in [1.82, 2.24) is 19.3 Å². The van der Waals surface area contributed by atoms with E-state index >= 15 is 0 Å². The van der Waals surface area contributed by atoms with Crippen LogP contribution in [0.15, 0.2) is 29.2 Å². The van der Waals surface area contributed by atoms with Gasteiger partial charge in [0.2, 0.25) is 5.88 Å². The molecule has 180 valence electrons. The van der Waals surface area contributed by atoms with Crippen molar-refractivity contribution < 1.29 is 27.8 Å². The average Bonchev–Trinajstić information content (AvgIpc) is 3.11. The number of ether oxygens (including phenoxy) is 2. The first kappa shape index (κ1) is 24.6. The smallest absolute Gasteiger partial charge is 0.425 e. The monoisotopic (exact) mass is 468 g/mol. The first-order valence-electron chi connectivity index (χ1n) is 10.8. The molecule has 1 N–H and O–H groups in total. The van der Waals surface area contributed by atoms with Crippen LogP contribution in [0.3, 0.4) is 0 Å². The van der Waals surface area contributed by atoms with Crippen molar-refractivity contribution in [3.05, 3.63) is 40.7 Å². The highest BCUT2D eigenvalue weighted by Gasteiger charge is 2.38. The second kappa shape index (κ2) is 9.82. The molecule has 33 heavy (non-hydrogen) atoms. The highest BCUT2D eigenvalue weighted by molar-refractivity contribution is 5.94. The van der Waals surface area contributed by atoms with Crippen LogP contribution in [0.2, 0.25) is 0 Å². The van der Waals surface area contributed by atoms with Crippen molar-refractivity contribution in [2.45, 2.75) is 72.1 Å². The lowest BCUT2D eigenvalue weighted by atomic mass is 10.1. The molecule has 1 aromatic carbocycles. The molecule has 3 aromatic rings. The summed E-state index contributed by atoms with van der Waals surface area (Å²) in [5.74, 6) is 0.158. The molecule has 8 nitrogen and oxygen atoms in total. The van der Waals surface area contributed by atoms with Crippen LogP contribution in [-0.2, 0) is 13.2 Å². The predicted molar refractivity (Wildman–Crippen MR) is 116 cm³/mol. The van der Waals surface area contributed by atoms with Gasteiger partial charge < -0.3 is 14.6 Å². The minimum atomic E-state index is -4.61. The summed E-state index contributed by atoms with van der Waals surface area (Å²) in [6.07, 6.45) is -4.04. The summed E-state index contributed by atoms with van der Waals surface area (Å²) in [7, 11) is 0. The zero-order valence-corrected chi connectivity index (χ0v) is 18.9. The Kier molecular flexibility index (Phi) is 7.31. The van der Waals surface area contributed by atoms with Crippen LogP contribution in [-0.4, -0.2) is 42.8 Å². The quantitative estimate of drug-likeness (QED) is 0.511. The van der Waals surface area contributed by atoms with Crippen LogP contribution in [0.1, 0.15) is 46.4 Å². The van der Waals surface area contributed by atoms with Gasteiger partial charge in [-0.2, -0.15) is 17.9 Å². The summed E-state index contributed by atoms with van der Waals surface area (Å²) in [5, 5.41) is 14.4. The molecule has 1 unspecified atom stereocenters. The summed E-state index contributed by atoms with van der Waals surface area (Å²) in [5.41, 5.74) is -0.336. The predicted octanol–water partition coefficient (Wildman–Crippen LogP) is 3.99. The molecule has 11 heteroatoms. The zero-order valence-electron chi connectivity index (χ0n) is 18.9. The minimum absolute atomic E-state index is 0.134. The first-order chi connectivity index (χ1) is 15.6. The molecule has 0 amide bonds. The van der Waals surface area contributed by atoms with Crippen LogP contribution in [0, 0.1) is 0 Å². The van der Waals surface area contributed by atoms with E-state index in [0.717, 1.165) is 11.6 Å². The molecule has 0 aliphatic heterocycles. The summed E-state index contributed by atoms with van der Waals surface area (Å²) >= 11 is 0. The standard InChI is InChI=1S/C22H27F3N4O4/c1-5-16(6-2)33-20-19-14(8-9-26-20)10-15(11-17(19)32-13(4)22(23,24)25)29-21(31)28(7-3)18(12-30)27-29/h8-11,13,16,30H,5-7,12H2,1-4H3. The van der Waals surface area contributed by atoms with Crippen LogP contribution in [0.5, 0.6) is 11.6 Å². The number of halogens is 3. The van der Waals surface area contributed by atoms with Gasteiger partial charge in [0.15, 0.2) is 11.9 Å². The number of hydrogen-bond donors (Lipinski definition) is 1. The lowest BCUT2D eigenvalue weighted by Crippen LogP contribution is -2.31. The molecule has 0 fully saturated rings. The fourth-order valence-corrected chi connectivity index (χ4v) is 3.45. The van der Waals surface area contributed by atoms with Gasteiger partial charge in [-0.1, -0.05) is 13.8 Å². The molecular formula is C22H27F3N4O4. The van der Waals surface area contributed by atoms with E-state index in [9.17, 15) is 23.1 Å². The molecule has 0 radical (unpaired) electrons. The van der Waals surface area contributed by atoms with E-state index in [-0.39, 0.29) is 41.2 Å². The Morgan fingerprint density at radius 2 is 1.85 bits per heavy atom. The van der Waals surface area contributed by atoms with Gasteiger partial charge in [0.1, 0.15) is 12.4 Å². The van der Waals surface area contributed by atoms with E-state index in [1.54, 1.807) is 19.1 Å². The summed E-state index contributed by atoms with van der Waals surface area (Å²) in [6, 6.07) is 4.50. The van der Waals surface area contributed by atoms with E-state index in [0.29, 0.717) is 18.2 Å².